The molecule has 1 rings (SSSR count). The number of carbonyl (C=O) groups is 1. The van der Waals surface area contributed by atoms with E-state index in [0.29, 0.717) is 5.69 Å². The number of nitrogens with zero attached hydrogens (tertiary/aromatic N) is 3. The van der Waals surface area contributed by atoms with Gasteiger partial charge in [-0.25, -0.2) is 9.48 Å². The summed E-state index contributed by atoms with van der Waals surface area (Å²) in [5.41, 5.74) is 0.120. The number of nitrogens with one attached hydrogen (secondary N) is 1. The standard InChI is InChI=1S/C12H18N4O3/c1-8-9(7-13)10(16(15-8)5-6-17)14-11(18)19-12(2,3)4/h17H,5-6H2,1-4H3,(H,14,18). The molecule has 2 N–H and O–H groups in total. The van der Waals surface area contributed by atoms with E-state index >= 15 is 0 Å². The molecule has 0 unspecified atom stereocenters. The first-order valence-corrected chi connectivity index (χ1v) is 5.87. The fourth-order valence-corrected chi connectivity index (χ4v) is 1.50. The Morgan fingerprint density at radius 2 is 2.21 bits per heavy atom. The van der Waals surface area contributed by atoms with Crippen molar-refractivity contribution in [3.8, 4) is 6.07 Å². The maximum absolute atomic E-state index is 11.7. The van der Waals surface area contributed by atoms with Gasteiger partial charge in [-0.05, 0) is 27.7 Å². The Hall–Kier alpha value is -2.07. The second-order valence-corrected chi connectivity index (χ2v) is 4.99. The van der Waals surface area contributed by atoms with Crippen molar-refractivity contribution in [3.63, 3.8) is 0 Å². The van der Waals surface area contributed by atoms with Crippen molar-refractivity contribution in [3.05, 3.63) is 11.3 Å². The zero-order chi connectivity index (χ0) is 14.6. The average Bonchev–Trinajstić information content (AvgIpc) is 2.52. The van der Waals surface area contributed by atoms with Gasteiger partial charge >= 0.3 is 6.09 Å². The lowest BCUT2D eigenvalue weighted by Crippen LogP contribution is -2.28. The van der Waals surface area contributed by atoms with E-state index in [2.05, 4.69) is 10.4 Å². The van der Waals surface area contributed by atoms with Gasteiger partial charge in [-0.15, -0.1) is 0 Å². The molecule has 0 spiro atoms. The molecule has 0 aliphatic carbocycles. The van der Waals surface area contributed by atoms with Gasteiger partial charge in [0.2, 0.25) is 0 Å². The molecule has 1 aromatic heterocycles. The Kier molecular flexibility index (Phi) is 4.51. The number of nitriles is 1. The zero-order valence-corrected chi connectivity index (χ0v) is 11.5. The second kappa shape index (κ2) is 5.71. The number of rotatable bonds is 3. The molecular weight excluding hydrogens is 248 g/mol. The first-order chi connectivity index (χ1) is 8.78. The molecule has 19 heavy (non-hydrogen) atoms. The molecule has 0 saturated heterocycles. The Balaban J connectivity index is 2.99. The van der Waals surface area contributed by atoms with Crippen molar-refractivity contribution in [2.45, 2.75) is 39.8 Å². The lowest BCUT2D eigenvalue weighted by molar-refractivity contribution is 0.0634. The third-order valence-corrected chi connectivity index (χ3v) is 2.17. The molecule has 0 aromatic carbocycles. The van der Waals surface area contributed by atoms with Crippen molar-refractivity contribution in [2.24, 2.45) is 0 Å². The summed E-state index contributed by atoms with van der Waals surface area (Å²) in [6.07, 6.45) is -0.664. The van der Waals surface area contributed by atoms with Crippen LogP contribution < -0.4 is 5.32 Å². The molecule has 0 saturated carbocycles. The van der Waals surface area contributed by atoms with Gasteiger partial charge in [0, 0.05) is 0 Å². The number of aliphatic hydroxyl groups excluding tert-OH is 1. The Morgan fingerprint density at radius 3 is 2.68 bits per heavy atom. The van der Waals surface area contributed by atoms with Gasteiger partial charge in [-0.1, -0.05) is 0 Å². The van der Waals surface area contributed by atoms with Gasteiger partial charge in [-0.2, -0.15) is 10.4 Å². The minimum absolute atomic E-state index is 0.144. The predicted octanol–water partition coefficient (Wildman–Crippen LogP) is 1.40. The third kappa shape index (κ3) is 3.96. The van der Waals surface area contributed by atoms with Crippen LogP contribution in [0.5, 0.6) is 0 Å². The van der Waals surface area contributed by atoms with Crippen LogP contribution in [-0.2, 0) is 11.3 Å². The zero-order valence-electron chi connectivity index (χ0n) is 11.5. The summed E-state index contributed by atoms with van der Waals surface area (Å²) in [6.45, 7) is 6.94. The van der Waals surface area contributed by atoms with Gasteiger partial charge in [0.25, 0.3) is 0 Å². The molecule has 0 aliphatic rings. The van der Waals surface area contributed by atoms with Crippen LogP contribution in [0.3, 0.4) is 0 Å². The summed E-state index contributed by atoms with van der Waals surface area (Å²) < 4.78 is 6.49. The van der Waals surface area contributed by atoms with Gasteiger partial charge in [-0.3, -0.25) is 5.32 Å². The molecule has 1 aromatic rings. The van der Waals surface area contributed by atoms with Gasteiger partial charge in [0.15, 0.2) is 5.82 Å². The highest BCUT2D eigenvalue weighted by molar-refractivity contribution is 5.85. The van der Waals surface area contributed by atoms with Crippen molar-refractivity contribution in [2.75, 3.05) is 11.9 Å². The van der Waals surface area contributed by atoms with Crippen LogP contribution in [-0.4, -0.2) is 33.2 Å². The topological polar surface area (TPSA) is 100 Å². The Bertz CT molecular complexity index is 508. The molecule has 0 atom stereocenters. The number of aliphatic hydroxyl groups is 1. The summed E-state index contributed by atoms with van der Waals surface area (Å²) in [5, 5.41) is 24.6. The maximum atomic E-state index is 11.7. The highest BCUT2D eigenvalue weighted by Crippen LogP contribution is 2.19. The minimum atomic E-state index is -0.664. The Morgan fingerprint density at radius 1 is 1.58 bits per heavy atom. The lowest BCUT2D eigenvalue weighted by Gasteiger charge is -2.19. The van der Waals surface area contributed by atoms with Crippen LogP contribution in [0.2, 0.25) is 0 Å². The Labute approximate surface area is 111 Å². The number of hydrogen-bond donors (Lipinski definition) is 2. The summed E-state index contributed by atoms with van der Waals surface area (Å²) in [7, 11) is 0. The molecule has 104 valence electrons. The number of aromatic nitrogens is 2. The fourth-order valence-electron chi connectivity index (χ4n) is 1.50. The van der Waals surface area contributed by atoms with Crippen molar-refractivity contribution < 1.29 is 14.6 Å². The number of aryl methyl sites for hydroxylation is 1. The first-order valence-electron chi connectivity index (χ1n) is 5.87. The molecular formula is C12H18N4O3. The number of amides is 1. The van der Waals surface area contributed by atoms with Crippen molar-refractivity contribution >= 4 is 11.9 Å². The largest absolute Gasteiger partial charge is 0.444 e. The van der Waals surface area contributed by atoms with Crippen LogP contribution in [0.25, 0.3) is 0 Å². The van der Waals surface area contributed by atoms with Crippen molar-refractivity contribution in [1.29, 1.82) is 5.26 Å². The number of carbonyl (C=O) groups excluding carboxylic acids is 1. The van der Waals surface area contributed by atoms with E-state index in [1.807, 2.05) is 6.07 Å². The molecule has 7 nitrogen and oxygen atoms in total. The molecule has 0 bridgehead atoms. The van der Waals surface area contributed by atoms with Gasteiger partial charge in [0.05, 0.1) is 18.8 Å². The SMILES string of the molecule is Cc1nn(CCO)c(NC(=O)OC(C)(C)C)c1C#N. The molecule has 0 radical (unpaired) electrons. The smallest absolute Gasteiger partial charge is 0.413 e. The van der Waals surface area contributed by atoms with E-state index < -0.39 is 11.7 Å². The summed E-state index contributed by atoms with van der Waals surface area (Å²) in [4.78, 5) is 11.7. The molecule has 7 heteroatoms. The van der Waals surface area contributed by atoms with Gasteiger partial charge in [0.1, 0.15) is 17.2 Å². The molecule has 0 aliphatic heterocycles. The lowest BCUT2D eigenvalue weighted by atomic mass is 10.2. The number of ether oxygens (including phenoxy) is 1. The van der Waals surface area contributed by atoms with E-state index in [9.17, 15) is 4.79 Å². The first kappa shape index (κ1) is 15.0. The summed E-state index contributed by atoms with van der Waals surface area (Å²) in [6, 6.07) is 1.98. The van der Waals surface area contributed by atoms with Crippen LogP contribution >= 0.6 is 0 Å². The fraction of sp³-hybridized carbons (Fsp3) is 0.583. The van der Waals surface area contributed by atoms with E-state index in [0.717, 1.165) is 0 Å². The molecule has 1 amide bonds. The third-order valence-electron chi connectivity index (χ3n) is 2.17. The highest BCUT2D eigenvalue weighted by Gasteiger charge is 2.21. The second-order valence-electron chi connectivity index (χ2n) is 4.99. The summed E-state index contributed by atoms with van der Waals surface area (Å²) in [5.74, 6) is 0.239. The van der Waals surface area contributed by atoms with Crippen LogP contribution in [0.4, 0.5) is 10.6 Å². The average molecular weight is 266 g/mol. The van der Waals surface area contributed by atoms with Gasteiger partial charge < -0.3 is 9.84 Å². The maximum Gasteiger partial charge on any atom is 0.413 e. The van der Waals surface area contributed by atoms with Crippen LogP contribution in [0.1, 0.15) is 32.0 Å². The highest BCUT2D eigenvalue weighted by atomic mass is 16.6. The minimum Gasteiger partial charge on any atom is -0.444 e. The number of hydrogen-bond acceptors (Lipinski definition) is 5. The van der Waals surface area contributed by atoms with Crippen LogP contribution in [0, 0.1) is 18.3 Å². The normalized spacial score (nSPS) is 10.9. The summed E-state index contributed by atoms with van der Waals surface area (Å²) >= 11 is 0. The van der Waals surface area contributed by atoms with E-state index in [1.54, 1.807) is 27.7 Å². The van der Waals surface area contributed by atoms with Crippen LogP contribution in [0.15, 0.2) is 0 Å². The molecule has 1 heterocycles. The predicted molar refractivity (Wildman–Crippen MR) is 68.6 cm³/mol. The van der Waals surface area contributed by atoms with Crippen molar-refractivity contribution in [1.82, 2.24) is 9.78 Å². The monoisotopic (exact) mass is 266 g/mol. The molecule has 0 fully saturated rings. The van der Waals surface area contributed by atoms with E-state index in [-0.39, 0.29) is 24.5 Å². The quantitative estimate of drug-likeness (QED) is 0.861. The number of anilines is 1. The van der Waals surface area contributed by atoms with E-state index in [1.165, 1.54) is 4.68 Å². The van der Waals surface area contributed by atoms with E-state index in [4.69, 9.17) is 15.1 Å².